The van der Waals surface area contributed by atoms with Crippen LogP contribution in [0, 0.1) is 5.92 Å². The molecule has 1 atom stereocenters. The van der Waals surface area contributed by atoms with Crippen LogP contribution in [0.4, 0.5) is 0 Å². The number of aliphatic hydroxyl groups excluding tert-OH is 1. The molecule has 0 aliphatic heterocycles. The lowest BCUT2D eigenvalue weighted by molar-refractivity contribution is 0.214. The Morgan fingerprint density at radius 3 is 2.57 bits per heavy atom. The maximum absolute atomic E-state index is 10.6. The molecule has 0 fully saturated rings. The summed E-state index contributed by atoms with van der Waals surface area (Å²) in [4.78, 5) is 0. The van der Waals surface area contributed by atoms with Gasteiger partial charge in [-0.2, -0.15) is 0 Å². The number of aliphatic hydroxyl groups is 1. The van der Waals surface area contributed by atoms with Crippen molar-refractivity contribution in [3.8, 4) is 5.75 Å². The summed E-state index contributed by atoms with van der Waals surface area (Å²) in [5.74, 6) is 1.22. The van der Waals surface area contributed by atoms with Crippen molar-refractivity contribution in [2.24, 2.45) is 5.92 Å². The fourth-order valence-electron chi connectivity index (χ4n) is 2.46. The van der Waals surface area contributed by atoms with Crippen molar-refractivity contribution in [3.05, 3.63) is 64.2 Å². The Bertz CT molecular complexity index is 608. The summed E-state index contributed by atoms with van der Waals surface area (Å²) in [6.45, 7) is 4.37. The second kappa shape index (κ2) is 6.97. The zero-order valence-corrected chi connectivity index (χ0v) is 13.4. The number of benzene rings is 2. The maximum atomic E-state index is 10.6. The summed E-state index contributed by atoms with van der Waals surface area (Å²) in [5.41, 5.74) is 2.77. The monoisotopic (exact) mass is 304 g/mol. The lowest BCUT2D eigenvalue weighted by Gasteiger charge is -2.17. The number of rotatable bonds is 5. The third-order valence-corrected chi connectivity index (χ3v) is 3.63. The smallest absolute Gasteiger partial charge is 0.125 e. The normalized spacial score (nSPS) is 12.5. The summed E-state index contributed by atoms with van der Waals surface area (Å²) in [5, 5.41) is 11.2. The van der Waals surface area contributed by atoms with Crippen molar-refractivity contribution in [1.29, 1.82) is 0 Å². The molecule has 0 heterocycles. The predicted octanol–water partition coefficient (Wildman–Crippen LogP) is 4.63. The van der Waals surface area contributed by atoms with Gasteiger partial charge in [0.25, 0.3) is 0 Å². The van der Waals surface area contributed by atoms with Crippen molar-refractivity contribution < 1.29 is 9.84 Å². The Balaban J connectivity index is 2.35. The third-order valence-electron chi connectivity index (χ3n) is 3.40. The van der Waals surface area contributed by atoms with Crippen molar-refractivity contribution in [2.45, 2.75) is 26.4 Å². The average molecular weight is 305 g/mol. The fraction of sp³-hybridized carbons (Fsp3) is 0.333. The van der Waals surface area contributed by atoms with E-state index in [1.807, 2.05) is 18.2 Å². The quantitative estimate of drug-likeness (QED) is 0.872. The highest BCUT2D eigenvalue weighted by Gasteiger charge is 2.16. The van der Waals surface area contributed by atoms with Gasteiger partial charge in [-0.3, -0.25) is 0 Å². The van der Waals surface area contributed by atoms with Gasteiger partial charge in [-0.1, -0.05) is 49.7 Å². The SMILES string of the molecule is COc1ccc(Cl)cc1C(O)c1cccc(CC(C)C)c1. The van der Waals surface area contributed by atoms with Crippen LogP contribution in [0.1, 0.15) is 36.6 Å². The van der Waals surface area contributed by atoms with Gasteiger partial charge in [0.2, 0.25) is 0 Å². The minimum Gasteiger partial charge on any atom is -0.496 e. The summed E-state index contributed by atoms with van der Waals surface area (Å²) in [6, 6.07) is 13.3. The largest absolute Gasteiger partial charge is 0.496 e. The van der Waals surface area contributed by atoms with Gasteiger partial charge < -0.3 is 9.84 Å². The van der Waals surface area contributed by atoms with Gasteiger partial charge >= 0.3 is 0 Å². The first-order valence-electron chi connectivity index (χ1n) is 7.11. The summed E-state index contributed by atoms with van der Waals surface area (Å²) in [6.07, 6.45) is 0.249. The van der Waals surface area contributed by atoms with Crippen LogP contribution in [0.3, 0.4) is 0 Å². The molecule has 0 bridgehead atoms. The molecule has 0 aliphatic carbocycles. The molecule has 2 aromatic rings. The molecular weight excluding hydrogens is 284 g/mol. The van der Waals surface area contributed by atoms with Gasteiger partial charge in [0.05, 0.1) is 7.11 Å². The van der Waals surface area contributed by atoms with Gasteiger partial charge in [0, 0.05) is 10.6 Å². The number of hydrogen-bond donors (Lipinski definition) is 1. The minimum absolute atomic E-state index is 0.582. The first-order valence-corrected chi connectivity index (χ1v) is 7.49. The highest BCUT2D eigenvalue weighted by atomic mass is 35.5. The third kappa shape index (κ3) is 3.99. The molecule has 0 aromatic heterocycles. The predicted molar refractivity (Wildman–Crippen MR) is 87.0 cm³/mol. The topological polar surface area (TPSA) is 29.5 Å². The molecule has 0 saturated heterocycles. The highest BCUT2D eigenvalue weighted by Crippen LogP contribution is 2.32. The van der Waals surface area contributed by atoms with Crippen molar-refractivity contribution >= 4 is 11.6 Å². The van der Waals surface area contributed by atoms with E-state index in [2.05, 4.69) is 19.9 Å². The van der Waals surface area contributed by atoms with Crippen LogP contribution in [0.5, 0.6) is 5.75 Å². The summed E-state index contributed by atoms with van der Waals surface area (Å²) in [7, 11) is 1.59. The molecular formula is C18H21ClO2. The van der Waals surface area contributed by atoms with Crippen LogP contribution < -0.4 is 4.74 Å². The lowest BCUT2D eigenvalue weighted by Crippen LogP contribution is -2.04. The van der Waals surface area contributed by atoms with E-state index in [-0.39, 0.29) is 0 Å². The first-order chi connectivity index (χ1) is 10.0. The lowest BCUT2D eigenvalue weighted by atomic mass is 9.96. The second-order valence-corrected chi connectivity index (χ2v) is 6.07. The fourth-order valence-corrected chi connectivity index (χ4v) is 2.64. The van der Waals surface area contributed by atoms with Gasteiger partial charge in [0.15, 0.2) is 0 Å². The van der Waals surface area contributed by atoms with Crippen molar-refractivity contribution in [3.63, 3.8) is 0 Å². The highest BCUT2D eigenvalue weighted by molar-refractivity contribution is 6.30. The van der Waals surface area contributed by atoms with E-state index in [1.165, 1.54) is 5.56 Å². The zero-order chi connectivity index (χ0) is 15.4. The van der Waals surface area contributed by atoms with Crippen LogP contribution in [-0.4, -0.2) is 12.2 Å². The molecule has 2 aromatic carbocycles. The van der Waals surface area contributed by atoms with E-state index < -0.39 is 6.10 Å². The van der Waals surface area contributed by atoms with Gasteiger partial charge in [-0.15, -0.1) is 0 Å². The molecule has 0 amide bonds. The molecule has 112 valence electrons. The summed E-state index contributed by atoms with van der Waals surface area (Å²) >= 11 is 6.04. The Kier molecular flexibility index (Phi) is 5.27. The number of hydrogen-bond acceptors (Lipinski definition) is 2. The Hall–Kier alpha value is -1.51. The Labute approximate surface area is 131 Å². The van der Waals surface area contributed by atoms with Gasteiger partial charge in [-0.05, 0) is 41.7 Å². The standard InChI is InChI=1S/C18H21ClO2/c1-12(2)9-13-5-4-6-14(10-13)18(20)16-11-15(19)7-8-17(16)21-3/h4-8,10-12,18,20H,9H2,1-3H3. The molecule has 0 aliphatic rings. The molecule has 2 rings (SSSR count). The molecule has 0 radical (unpaired) electrons. The van der Waals surface area contributed by atoms with Crippen LogP contribution in [0.25, 0.3) is 0 Å². The molecule has 1 N–H and O–H groups in total. The van der Waals surface area contributed by atoms with Crippen LogP contribution in [0.2, 0.25) is 5.02 Å². The molecule has 1 unspecified atom stereocenters. The van der Waals surface area contributed by atoms with Crippen LogP contribution in [-0.2, 0) is 6.42 Å². The Morgan fingerprint density at radius 1 is 1.14 bits per heavy atom. The van der Waals surface area contributed by atoms with Crippen LogP contribution in [0.15, 0.2) is 42.5 Å². The van der Waals surface area contributed by atoms with Crippen LogP contribution >= 0.6 is 11.6 Å². The first kappa shape index (κ1) is 15.9. The maximum Gasteiger partial charge on any atom is 0.125 e. The van der Waals surface area contributed by atoms with Gasteiger partial charge in [-0.25, -0.2) is 0 Å². The van der Waals surface area contributed by atoms with E-state index >= 15 is 0 Å². The molecule has 21 heavy (non-hydrogen) atoms. The minimum atomic E-state index is -0.745. The zero-order valence-electron chi connectivity index (χ0n) is 12.6. The average Bonchev–Trinajstić information content (AvgIpc) is 2.46. The van der Waals surface area contributed by atoms with E-state index in [4.69, 9.17) is 16.3 Å². The van der Waals surface area contributed by atoms with E-state index in [0.29, 0.717) is 22.3 Å². The molecule has 0 saturated carbocycles. The van der Waals surface area contributed by atoms with Crippen molar-refractivity contribution in [2.75, 3.05) is 7.11 Å². The van der Waals surface area contributed by atoms with E-state index in [9.17, 15) is 5.11 Å². The second-order valence-electron chi connectivity index (χ2n) is 5.63. The van der Waals surface area contributed by atoms with E-state index in [0.717, 1.165) is 12.0 Å². The molecule has 0 spiro atoms. The molecule has 2 nitrogen and oxygen atoms in total. The number of ether oxygens (including phenoxy) is 1. The van der Waals surface area contributed by atoms with Gasteiger partial charge in [0.1, 0.15) is 11.9 Å². The van der Waals surface area contributed by atoms with Crippen molar-refractivity contribution in [1.82, 2.24) is 0 Å². The Morgan fingerprint density at radius 2 is 1.90 bits per heavy atom. The number of methoxy groups -OCH3 is 1. The van der Waals surface area contributed by atoms with E-state index in [1.54, 1.807) is 25.3 Å². The summed E-state index contributed by atoms with van der Waals surface area (Å²) < 4.78 is 5.32. The number of halogens is 1. The molecule has 3 heteroatoms.